The van der Waals surface area contributed by atoms with Crippen molar-refractivity contribution in [2.75, 3.05) is 63.7 Å². The van der Waals surface area contributed by atoms with E-state index >= 15 is 0 Å². The fourth-order valence-electron chi connectivity index (χ4n) is 5.41. The number of hydrogen-bond donors (Lipinski definition) is 2. The third-order valence-electron chi connectivity index (χ3n) is 7.87. The minimum atomic E-state index is -1.16. The molecule has 0 aliphatic carbocycles. The highest BCUT2D eigenvalue weighted by Crippen LogP contribution is 2.35. The summed E-state index contributed by atoms with van der Waals surface area (Å²) in [7, 11) is 2.14. The number of ether oxygens (including phenoxy) is 3. The molecule has 208 valence electrons. The van der Waals surface area contributed by atoms with E-state index < -0.39 is 5.60 Å². The van der Waals surface area contributed by atoms with Gasteiger partial charge in [0.25, 0.3) is 5.88 Å². The van der Waals surface area contributed by atoms with Gasteiger partial charge in [0.2, 0.25) is 0 Å². The van der Waals surface area contributed by atoms with Crippen molar-refractivity contribution in [1.82, 2.24) is 29.6 Å². The smallest absolute Gasteiger partial charge is 0.263 e. The molecule has 6 rings (SSSR count). The lowest BCUT2D eigenvalue weighted by Crippen LogP contribution is -2.44. The highest BCUT2D eigenvalue weighted by Gasteiger charge is 2.37. The third-order valence-corrected chi connectivity index (χ3v) is 7.87. The molecule has 6 heterocycles. The van der Waals surface area contributed by atoms with Crippen molar-refractivity contribution in [3.05, 3.63) is 36.4 Å². The van der Waals surface area contributed by atoms with E-state index in [1.165, 1.54) is 0 Å². The van der Waals surface area contributed by atoms with Crippen molar-refractivity contribution in [3.63, 3.8) is 0 Å². The SMILES string of the molecule is CC1COCCN1c1cc(-c2cnc(N)c(Oc3cnn(C4CCN(C)CC4)c3)n2)cc(C2(O)CCOC2)n1. The molecule has 0 aromatic carbocycles. The number of rotatable bonds is 6. The first-order valence-corrected chi connectivity index (χ1v) is 13.6. The van der Waals surface area contributed by atoms with Gasteiger partial charge >= 0.3 is 0 Å². The molecule has 3 aromatic heterocycles. The Balaban J connectivity index is 1.31. The average Bonchev–Trinajstić information content (AvgIpc) is 3.60. The molecule has 0 radical (unpaired) electrons. The minimum Gasteiger partial charge on any atom is -0.433 e. The van der Waals surface area contributed by atoms with Crippen LogP contribution in [0.15, 0.2) is 30.7 Å². The van der Waals surface area contributed by atoms with Gasteiger partial charge in [-0.15, -0.1) is 0 Å². The number of nitrogens with two attached hydrogens (primary N) is 1. The second kappa shape index (κ2) is 10.7. The highest BCUT2D eigenvalue weighted by atomic mass is 16.5. The second-order valence-corrected chi connectivity index (χ2v) is 10.8. The summed E-state index contributed by atoms with van der Waals surface area (Å²) in [6.07, 6.45) is 7.75. The maximum Gasteiger partial charge on any atom is 0.263 e. The first-order valence-electron chi connectivity index (χ1n) is 13.6. The van der Waals surface area contributed by atoms with E-state index in [4.69, 9.17) is 29.9 Å². The molecule has 3 fully saturated rings. The number of hydrogen-bond acceptors (Lipinski definition) is 11. The Morgan fingerprint density at radius 2 is 1.95 bits per heavy atom. The van der Waals surface area contributed by atoms with E-state index in [-0.39, 0.29) is 24.3 Å². The zero-order valence-electron chi connectivity index (χ0n) is 22.5. The number of nitrogens with zero attached hydrogens (tertiary/aromatic N) is 7. The minimum absolute atomic E-state index is 0.140. The van der Waals surface area contributed by atoms with Gasteiger partial charge in [-0.1, -0.05) is 0 Å². The van der Waals surface area contributed by atoms with Gasteiger partial charge < -0.3 is 34.9 Å². The molecule has 0 amide bonds. The standard InChI is InChI=1S/C27H36N8O4/c1-18-16-37-10-8-34(18)24-12-19(11-23(32-24)27(36)5-9-38-17-27)22-14-29-25(28)26(31-22)39-21-13-30-35(15-21)20-3-6-33(2)7-4-20/h11-15,18,20,36H,3-10,16-17H2,1-2H3,(H2,28,29). The summed E-state index contributed by atoms with van der Waals surface area (Å²) in [4.78, 5) is 18.5. The van der Waals surface area contributed by atoms with E-state index in [2.05, 4.69) is 33.9 Å². The second-order valence-electron chi connectivity index (χ2n) is 10.8. The van der Waals surface area contributed by atoms with Crippen LogP contribution in [0.1, 0.15) is 37.9 Å². The van der Waals surface area contributed by atoms with Crippen molar-refractivity contribution in [2.24, 2.45) is 0 Å². The summed E-state index contributed by atoms with van der Waals surface area (Å²) < 4.78 is 19.2. The lowest BCUT2D eigenvalue weighted by molar-refractivity contribution is 0.0194. The Morgan fingerprint density at radius 1 is 1.10 bits per heavy atom. The van der Waals surface area contributed by atoms with E-state index in [0.29, 0.717) is 56.0 Å². The zero-order valence-corrected chi connectivity index (χ0v) is 22.5. The van der Waals surface area contributed by atoms with E-state index in [0.717, 1.165) is 37.3 Å². The van der Waals surface area contributed by atoms with Crippen molar-refractivity contribution < 1.29 is 19.3 Å². The first kappa shape index (κ1) is 25.9. The van der Waals surface area contributed by atoms with Crippen LogP contribution in [0.3, 0.4) is 0 Å². The first-order chi connectivity index (χ1) is 18.9. The van der Waals surface area contributed by atoms with Crippen molar-refractivity contribution in [3.8, 4) is 22.9 Å². The fraction of sp³-hybridized carbons (Fsp3) is 0.556. The molecular formula is C27H36N8O4. The summed E-state index contributed by atoms with van der Waals surface area (Å²) in [5, 5.41) is 15.8. The summed E-state index contributed by atoms with van der Waals surface area (Å²) in [6, 6.07) is 4.30. The predicted octanol–water partition coefficient (Wildman–Crippen LogP) is 2.21. The number of anilines is 2. The molecule has 0 spiro atoms. The van der Waals surface area contributed by atoms with Gasteiger partial charge in [-0.3, -0.25) is 4.68 Å². The molecule has 2 atom stereocenters. The molecule has 3 aromatic rings. The number of likely N-dealkylation sites (tertiary alicyclic amines) is 1. The Bertz CT molecular complexity index is 1300. The predicted molar refractivity (Wildman–Crippen MR) is 145 cm³/mol. The Morgan fingerprint density at radius 3 is 2.72 bits per heavy atom. The van der Waals surface area contributed by atoms with Gasteiger partial charge in [-0.25, -0.2) is 15.0 Å². The number of aromatic nitrogens is 5. The molecule has 3 saturated heterocycles. The Hall–Kier alpha value is -3.32. The molecular weight excluding hydrogens is 500 g/mol. The van der Waals surface area contributed by atoms with Gasteiger partial charge in [0.05, 0.1) is 61.9 Å². The maximum atomic E-state index is 11.3. The van der Waals surface area contributed by atoms with E-state index in [1.54, 1.807) is 12.4 Å². The van der Waals surface area contributed by atoms with Crippen LogP contribution in [0.2, 0.25) is 0 Å². The van der Waals surface area contributed by atoms with Gasteiger partial charge in [0, 0.05) is 25.1 Å². The van der Waals surface area contributed by atoms with Gasteiger partial charge in [0.1, 0.15) is 11.4 Å². The quantitative estimate of drug-likeness (QED) is 0.480. The lowest BCUT2D eigenvalue weighted by Gasteiger charge is -2.35. The van der Waals surface area contributed by atoms with Gasteiger partial charge in [-0.05, 0) is 52.0 Å². The number of pyridine rings is 1. The summed E-state index contributed by atoms with van der Waals surface area (Å²) in [5.41, 5.74) is 6.88. The number of aliphatic hydroxyl groups is 1. The molecule has 3 aliphatic rings. The van der Waals surface area contributed by atoms with Crippen molar-refractivity contribution >= 4 is 11.6 Å². The van der Waals surface area contributed by atoms with Crippen LogP contribution in [0.5, 0.6) is 11.6 Å². The molecule has 3 aliphatic heterocycles. The van der Waals surface area contributed by atoms with Crippen molar-refractivity contribution in [2.45, 2.75) is 43.9 Å². The van der Waals surface area contributed by atoms with Crippen LogP contribution < -0.4 is 15.4 Å². The summed E-state index contributed by atoms with van der Waals surface area (Å²) >= 11 is 0. The number of piperidine rings is 1. The largest absolute Gasteiger partial charge is 0.433 e. The van der Waals surface area contributed by atoms with Crippen LogP contribution in [-0.4, -0.2) is 93.9 Å². The molecule has 39 heavy (non-hydrogen) atoms. The van der Waals surface area contributed by atoms with E-state index in [9.17, 15) is 5.11 Å². The fourth-order valence-corrected chi connectivity index (χ4v) is 5.41. The molecule has 2 unspecified atom stereocenters. The Kier molecular flexibility index (Phi) is 7.10. The summed E-state index contributed by atoms with van der Waals surface area (Å²) in [6.45, 7) is 6.80. The maximum absolute atomic E-state index is 11.3. The van der Waals surface area contributed by atoms with Crippen LogP contribution in [-0.2, 0) is 15.1 Å². The van der Waals surface area contributed by atoms with Gasteiger partial charge in [0.15, 0.2) is 11.6 Å². The van der Waals surface area contributed by atoms with Crippen LogP contribution in [0, 0.1) is 0 Å². The van der Waals surface area contributed by atoms with Crippen LogP contribution >= 0.6 is 0 Å². The molecule has 0 bridgehead atoms. The molecule has 0 saturated carbocycles. The monoisotopic (exact) mass is 536 g/mol. The van der Waals surface area contributed by atoms with E-state index in [1.807, 2.05) is 23.0 Å². The van der Waals surface area contributed by atoms with Crippen LogP contribution in [0.25, 0.3) is 11.3 Å². The van der Waals surface area contributed by atoms with Crippen LogP contribution in [0.4, 0.5) is 11.6 Å². The molecule has 12 nitrogen and oxygen atoms in total. The number of nitrogen functional groups attached to an aromatic ring is 1. The topological polar surface area (TPSA) is 137 Å². The third kappa shape index (κ3) is 5.42. The Labute approximate surface area is 227 Å². The lowest BCUT2D eigenvalue weighted by atomic mass is 9.96. The average molecular weight is 537 g/mol. The zero-order chi connectivity index (χ0) is 27.0. The van der Waals surface area contributed by atoms with Gasteiger partial charge in [-0.2, -0.15) is 5.10 Å². The highest BCUT2D eigenvalue weighted by molar-refractivity contribution is 5.66. The molecule has 12 heteroatoms. The normalized spacial score (nSPS) is 24.8. The summed E-state index contributed by atoms with van der Waals surface area (Å²) in [5.74, 6) is 1.70. The molecule has 3 N–H and O–H groups in total. The van der Waals surface area contributed by atoms with Crippen molar-refractivity contribution in [1.29, 1.82) is 0 Å². The number of morpholine rings is 1.